The number of rotatable bonds is 7. The molecule has 2 heterocycles. The zero-order chi connectivity index (χ0) is 37.2. The van der Waals surface area contributed by atoms with Crippen LogP contribution in [0.25, 0.3) is 32.8 Å². The number of carbonyl (C=O) groups is 4. The first-order valence-corrected chi connectivity index (χ1v) is 19.0. The van der Waals surface area contributed by atoms with E-state index < -0.39 is 34.9 Å². The number of ketones is 2. The van der Waals surface area contributed by atoms with Gasteiger partial charge in [0.05, 0.1) is 16.6 Å². The molecule has 1 aromatic heterocycles. The highest BCUT2D eigenvalue weighted by molar-refractivity contribution is 6.41. The summed E-state index contributed by atoms with van der Waals surface area (Å²) in [6.45, 7) is 4.10. The normalized spacial score (nSPS) is 17.7. The van der Waals surface area contributed by atoms with E-state index in [2.05, 4.69) is 41.2 Å². The number of imide groups is 1. The molecule has 268 valence electrons. The molecule has 1 fully saturated rings. The zero-order valence-corrected chi connectivity index (χ0v) is 30.3. The molecule has 0 bridgehead atoms. The van der Waals surface area contributed by atoms with Gasteiger partial charge in [-0.25, -0.2) is 9.88 Å². The van der Waals surface area contributed by atoms with Crippen molar-refractivity contribution >= 4 is 61.9 Å². The third kappa shape index (κ3) is 5.26. The predicted octanol–water partition coefficient (Wildman–Crippen LogP) is 9.63. The molecule has 0 unspecified atom stereocenters. The number of Topliss-reactive ketones (excluding diaryl/α,β-unsaturated/α-hetero) is 2. The zero-order valence-electron chi connectivity index (χ0n) is 30.3. The van der Waals surface area contributed by atoms with Crippen molar-refractivity contribution in [2.75, 3.05) is 4.90 Å². The summed E-state index contributed by atoms with van der Waals surface area (Å²) < 4.78 is 0. The second-order valence-electron chi connectivity index (χ2n) is 15.0. The van der Waals surface area contributed by atoms with Crippen molar-refractivity contribution in [2.24, 2.45) is 0 Å². The number of unbranched alkanes of at least 4 members (excludes halogenated alkanes) is 1. The van der Waals surface area contributed by atoms with Crippen LogP contribution in [0.15, 0.2) is 89.8 Å². The Hall–Kier alpha value is -6.02. The van der Waals surface area contributed by atoms with E-state index in [1.807, 2.05) is 37.3 Å². The molecule has 4 aliphatic rings. The Morgan fingerprint density at radius 2 is 1.50 bits per heavy atom. The van der Waals surface area contributed by atoms with Gasteiger partial charge in [0.1, 0.15) is 11.7 Å². The summed E-state index contributed by atoms with van der Waals surface area (Å²) in [5.41, 5.74) is 6.46. The Morgan fingerprint density at radius 3 is 2.17 bits per heavy atom. The lowest BCUT2D eigenvalue weighted by Gasteiger charge is -2.32. The summed E-state index contributed by atoms with van der Waals surface area (Å²) in [5, 5.41) is 0.946. The number of nitrogens with zero attached hydrogens (tertiary/aromatic N) is 2. The van der Waals surface area contributed by atoms with Crippen molar-refractivity contribution in [2.45, 2.75) is 77.0 Å². The van der Waals surface area contributed by atoms with Crippen LogP contribution in [0.3, 0.4) is 0 Å². The van der Waals surface area contributed by atoms with Crippen LogP contribution in [-0.4, -0.2) is 33.3 Å². The van der Waals surface area contributed by atoms with Gasteiger partial charge in [0, 0.05) is 38.6 Å². The first kappa shape index (κ1) is 33.8. The number of carbonyl (C=O) groups excluding carboxylic acids is 4. The molecule has 8 heteroatoms. The number of hydrogen-bond acceptors (Lipinski definition) is 6. The standard InChI is InChI=1S/C46H39N3O5/c1-3-4-10-25(2)28-15-17-30-36(24-28)47-43(48-44(30)52)40-41(50)31-18-20-33-39-34(21-19-32(38(31)39)42(40)51)46(54)49(45(33)53)37-22-16-29(26-11-6-5-7-12-26)23-35(37)27-13-8-9-14-27/h8-10,13,15-24,26,40H,3-7,11-12,14H2,1-2H3,(H,47,48,52)/b25-10-. The Labute approximate surface area is 312 Å². The Balaban J connectivity index is 1.12. The summed E-state index contributed by atoms with van der Waals surface area (Å²) in [6.07, 6.45) is 16.7. The van der Waals surface area contributed by atoms with Crippen LogP contribution < -0.4 is 10.5 Å². The smallest absolute Gasteiger partial charge is 0.266 e. The first-order valence-electron chi connectivity index (χ1n) is 19.0. The van der Waals surface area contributed by atoms with E-state index in [9.17, 15) is 24.0 Å². The van der Waals surface area contributed by atoms with E-state index in [4.69, 9.17) is 0 Å². The van der Waals surface area contributed by atoms with Crippen LogP contribution in [0.1, 0.15) is 141 Å². The highest BCUT2D eigenvalue weighted by atomic mass is 16.2. The van der Waals surface area contributed by atoms with E-state index in [0.717, 1.165) is 48.0 Å². The molecule has 2 amide bonds. The van der Waals surface area contributed by atoms with Crippen molar-refractivity contribution in [3.63, 3.8) is 0 Å². The number of aromatic amines is 1. The van der Waals surface area contributed by atoms with Gasteiger partial charge in [0.25, 0.3) is 17.4 Å². The number of nitrogens with one attached hydrogen (secondary N) is 1. The predicted molar refractivity (Wildman–Crippen MR) is 211 cm³/mol. The highest BCUT2D eigenvalue weighted by Crippen LogP contribution is 2.44. The fourth-order valence-corrected chi connectivity index (χ4v) is 8.85. The fraction of sp³-hybridized carbons (Fsp3) is 0.261. The van der Waals surface area contributed by atoms with Gasteiger partial charge >= 0.3 is 0 Å². The molecule has 54 heavy (non-hydrogen) atoms. The van der Waals surface area contributed by atoms with Gasteiger partial charge in [-0.05, 0) is 109 Å². The van der Waals surface area contributed by atoms with E-state index in [1.165, 1.54) is 29.7 Å². The van der Waals surface area contributed by atoms with E-state index in [1.54, 1.807) is 30.3 Å². The summed E-state index contributed by atoms with van der Waals surface area (Å²) in [5.74, 6) is -3.07. The molecular weight excluding hydrogens is 675 g/mol. The number of fused-ring (bicyclic) bond motifs is 1. The minimum absolute atomic E-state index is 0.0351. The minimum Gasteiger partial charge on any atom is -0.309 e. The molecule has 8 nitrogen and oxygen atoms in total. The second-order valence-corrected chi connectivity index (χ2v) is 15.0. The average molecular weight is 714 g/mol. The van der Waals surface area contributed by atoms with Crippen molar-refractivity contribution < 1.29 is 19.2 Å². The SMILES string of the molecule is CCC/C=C(/C)c1ccc2c(=O)[nH]c(C3C(=O)c4ccc5c6c(ccc(c46)C3=O)C(=O)N(c3ccc(C4CCCCC4)cc3C3=CC=CC3)C5=O)nc2c1. The van der Waals surface area contributed by atoms with Gasteiger partial charge in [-0.3, -0.25) is 24.0 Å². The maximum absolute atomic E-state index is 14.5. The molecule has 9 rings (SSSR count). The summed E-state index contributed by atoms with van der Waals surface area (Å²) >= 11 is 0. The van der Waals surface area contributed by atoms with Crippen LogP contribution in [-0.2, 0) is 0 Å². The van der Waals surface area contributed by atoms with Crippen LogP contribution in [0.5, 0.6) is 0 Å². The summed E-state index contributed by atoms with van der Waals surface area (Å²) in [7, 11) is 0. The molecule has 0 atom stereocenters. The van der Waals surface area contributed by atoms with Gasteiger partial charge in [-0.15, -0.1) is 0 Å². The average Bonchev–Trinajstić information content (AvgIpc) is 3.74. The largest absolute Gasteiger partial charge is 0.309 e. The van der Waals surface area contributed by atoms with Crippen molar-refractivity contribution in [3.05, 3.63) is 140 Å². The molecule has 1 aliphatic heterocycles. The lowest BCUT2D eigenvalue weighted by atomic mass is 9.76. The third-order valence-corrected chi connectivity index (χ3v) is 11.7. The van der Waals surface area contributed by atoms with Crippen molar-refractivity contribution in [3.8, 4) is 0 Å². The van der Waals surface area contributed by atoms with E-state index >= 15 is 0 Å². The van der Waals surface area contributed by atoms with Gasteiger partial charge in [-0.2, -0.15) is 0 Å². The number of H-pyrrole nitrogens is 1. The maximum Gasteiger partial charge on any atom is 0.266 e. The van der Waals surface area contributed by atoms with Crippen molar-refractivity contribution in [1.29, 1.82) is 0 Å². The van der Waals surface area contributed by atoms with Gasteiger partial charge in [0.2, 0.25) is 0 Å². The minimum atomic E-state index is -1.39. The van der Waals surface area contributed by atoms with Gasteiger partial charge in [-0.1, -0.05) is 69.0 Å². The number of hydrogen-bond donors (Lipinski definition) is 1. The van der Waals surface area contributed by atoms with E-state index in [0.29, 0.717) is 34.3 Å². The van der Waals surface area contributed by atoms with Gasteiger partial charge < -0.3 is 4.98 Å². The quantitative estimate of drug-likeness (QED) is 0.133. The molecule has 0 spiro atoms. The number of allylic oxidation sites excluding steroid dienone is 6. The lowest BCUT2D eigenvalue weighted by Crippen LogP contribution is -2.41. The molecule has 3 aliphatic carbocycles. The van der Waals surface area contributed by atoms with E-state index in [-0.39, 0.29) is 33.5 Å². The molecule has 5 aromatic rings. The molecule has 4 aromatic carbocycles. The monoisotopic (exact) mass is 713 g/mol. The Kier molecular flexibility index (Phi) is 8.22. The molecule has 1 N–H and O–H groups in total. The number of benzene rings is 4. The third-order valence-electron chi connectivity index (χ3n) is 11.7. The van der Waals surface area contributed by atoms with Crippen LogP contribution >= 0.6 is 0 Å². The molecule has 1 saturated carbocycles. The van der Waals surface area contributed by atoms with Gasteiger partial charge in [0.15, 0.2) is 11.6 Å². The topological polar surface area (TPSA) is 117 Å². The fourth-order valence-electron chi connectivity index (χ4n) is 8.85. The molecular formula is C46H39N3O5. The van der Waals surface area contributed by atoms with Crippen LogP contribution in [0.4, 0.5) is 5.69 Å². The maximum atomic E-state index is 14.5. The Morgan fingerprint density at radius 1 is 0.815 bits per heavy atom. The molecule has 0 radical (unpaired) electrons. The number of aromatic nitrogens is 2. The first-order chi connectivity index (χ1) is 26.2. The summed E-state index contributed by atoms with van der Waals surface area (Å²) in [6, 6.07) is 17.8. The highest BCUT2D eigenvalue weighted by Gasteiger charge is 2.43. The summed E-state index contributed by atoms with van der Waals surface area (Å²) in [4.78, 5) is 79.5. The Bertz CT molecular complexity index is 2580. The van der Waals surface area contributed by atoms with Crippen LogP contribution in [0.2, 0.25) is 0 Å². The van der Waals surface area contributed by atoms with Crippen molar-refractivity contribution in [1.82, 2.24) is 9.97 Å². The molecule has 0 saturated heterocycles. The lowest BCUT2D eigenvalue weighted by molar-refractivity contribution is 0.0843. The second kappa shape index (κ2) is 13.1. The van der Waals surface area contributed by atoms with Crippen LogP contribution in [0, 0.1) is 0 Å². The number of anilines is 1. The number of amides is 2.